The molecule has 0 atom stereocenters. The van der Waals surface area contributed by atoms with E-state index in [1.165, 1.54) is 44.1 Å². The van der Waals surface area contributed by atoms with Gasteiger partial charge in [-0.05, 0) is 58.7 Å². The van der Waals surface area contributed by atoms with Crippen molar-refractivity contribution in [1.29, 1.82) is 0 Å². The molecule has 0 amide bonds. The Balaban J connectivity index is 1.41. The lowest BCUT2D eigenvalue weighted by molar-refractivity contribution is 0.664. The predicted octanol–water partition coefficient (Wildman–Crippen LogP) is 8.93. The fourth-order valence-electron chi connectivity index (χ4n) is 6.92. The van der Waals surface area contributed by atoms with Gasteiger partial charge in [0.25, 0.3) is 0 Å². The van der Waals surface area contributed by atoms with Gasteiger partial charge in [-0.15, -0.1) is 0 Å². The molecule has 1 aliphatic carbocycles. The highest BCUT2D eigenvalue weighted by atomic mass is 16.3. The van der Waals surface area contributed by atoms with E-state index in [1.54, 1.807) is 12.4 Å². The lowest BCUT2D eigenvalue weighted by Gasteiger charge is -2.23. The normalized spacial score (nSPS) is 14.1. The van der Waals surface area contributed by atoms with E-state index in [1.807, 2.05) is 12.1 Å². The minimum Gasteiger partial charge on any atom is -0.456 e. The molecule has 0 saturated carbocycles. The molecule has 8 aromatic rings. The van der Waals surface area contributed by atoms with Crippen molar-refractivity contribution in [3.63, 3.8) is 0 Å². The van der Waals surface area contributed by atoms with Gasteiger partial charge in [-0.25, -0.2) is 0 Å². The van der Waals surface area contributed by atoms with Crippen molar-refractivity contribution in [2.45, 2.75) is 19.3 Å². The zero-order valence-corrected chi connectivity index (χ0v) is 21.6. The second kappa shape index (κ2) is 7.12. The second-order valence-electron chi connectivity index (χ2n) is 11.1. The van der Waals surface area contributed by atoms with Crippen molar-refractivity contribution in [3.05, 3.63) is 115 Å². The number of nitrogens with zero attached hydrogens (tertiary/aromatic N) is 3. The van der Waals surface area contributed by atoms with Crippen LogP contribution in [0, 0.1) is 0 Å². The first-order valence-corrected chi connectivity index (χ1v) is 13.3. The Labute approximate surface area is 224 Å². The Morgan fingerprint density at radius 2 is 1.36 bits per heavy atom. The summed E-state index contributed by atoms with van der Waals surface area (Å²) in [5.41, 5.74) is 12.1. The van der Waals surface area contributed by atoms with Crippen molar-refractivity contribution in [2.75, 3.05) is 0 Å². The van der Waals surface area contributed by atoms with E-state index < -0.39 is 0 Å². The number of hydrogen-bond acceptors (Lipinski definition) is 3. The minimum absolute atomic E-state index is 0.217. The Morgan fingerprint density at radius 3 is 2.23 bits per heavy atom. The highest BCUT2D eigenvalue weighted by Gasteiger charge is 2.39. The molecule has 0 saturated heterocycles. The summed E-state index contributed by atoms with van der Waals surface area (Å²) in [5.74, 6) is 0. The van der Waals surface area contributed by atoms with Gasteiger partial charge in [0.05, 0.1) is 22.1 Å². The molecule has 0 radical (unpaired) electrons. The Morgan fingerprint density at radius 1 is 0.641 bits per heavy atom. The molecule has 184 valence electrons. The summed E-state index contributed by atoms with van der Waals surface area (Å²) in [4.78, 5) is 9.23. The van der Waals surface area contributed by atoms with Crippen molar-refractivity contribution < 1.29 is 4.42 Å². The number of benzene rings is 5. The number of para-hydroxylation sites is 2. The van der Waals surface area contributed by atoms with Crippen molar-refractivity contribution in [2.24, 2.45) is 0 Å². The summed E-state index contributed by atoms with van der Waals surface area (Å²) in [6.07, 6.45) is 3.54. The molecule has 0 N–H and O–H groups in total. The molecule has 0 unspecified atom stereocenters. The SMILES string of the molecule is CC1(C)c2cc3nccnc3cc2-c2ccc3c4ccccc4n(-c4ccc5c(c4)oc4ccccc45)c3c21. The van der Waals surface area contributed by atoms with Gasteiger partial charge in [0, 0.05) is 51.1 Å². The van der Waals surface area contributed by atoms with Crippen LogP contribution in [0.15, 0.2) is 108 Å². The summed E-state index contributed by atoms with van der Waals surface area (Å²) in [5, 5.41) is 4.80. The number of hydrogen-bond donors (Lipinski definition) is 0. The zero-order valence-electron chi connectivity index (χ0n) is 21.6. The van der Waals surface area contributed by atoms with Crippen LogP contribution in [0.1, 0.15) is 25.0 Å². The smallest absolute Gasteiger partial charge is 0.137 e. The second-order valence-corrected chi connectivity index (χ2v) is 11.1. The average molecular weight is 502 g/mol. The molecule has 0 bridgehead atoms. The van der Waals surface area contributed by atoms with E-state index in [-0.39, 0.29) is 5.41 Å². The summed E-state index contributed by atoms with van der Waals surface area (Å²) < 4.78 is 8.75. The number of furan rings is 1. The predicted molar refractivity (Wildman–Crippen MR) is 159 cm³/mol. The summed E-state index contributed by atoms with van der Waals surface area (Å²) >= 11 is 0. The van der Waals surface area contributed by atoms with Gasteiger partial charge < -0.3 is 8.98 Å². The summed E-state index contributed by atoms with van der Waals surface area (Å²) in [7, 11) is 0. The van der Waals surface area contributed by atoms with Gasteiger partial charge in [0.2, 0.25) is 0 Å². The van der Waals surface area contributed by atoms with Crippen LogP contribution in [0.3, 0.4) is 0 Å². The van der Waals surface area contributed by atoms with Crippen molar-refractivity contribution >= 4 is 54.8 Å². The van der Waals surface area contributed by atoms with Gasteiger partial charge >= 0.3 is 0 Å². The van der Waals surface area contributed by atoms with Crippen molar-refractivity contribution in [3.8, 4) is 16.8 Å². The highest BCUT2D eigenvalue weighted by molar-refractivity contribution is 6.14. The molecule has 0 aliphatic heterocycles. The third-order valence-electron chi connectivity index (χ3n) is 8.65. The largest absolute Gasteiger partial charge is 0.456 e. The van der Waals surface area contributed by atoms with Crippen LogP contribution in [0.4, 0.5) is 0 Å². The minimum atomic E-state index is -0.217. The van der Waals surface area contributed by atoms with Crippen LogP contribution >= 0.6 is 0 Å². The van der Waals surface area contributed by atoms with Crippen LogP contribution < -0.4 is 0 Å². The van der Waals surface area contributed by atoms with E-state index in [2.05, 4.69) is 107 Å². The Bertz CT molecular complexity index is 2320. The third kappa shape index (κ3) is 2.63. The van der Waals surface area contributed by atoms with E-state index >= 15 is 0 Å². The fourth-order valence-corrected chi connectivity index (χ4v) is 6.92. The molecule has 0 spiro atoms. The van der Waals surface area contributed by atoms with E-state index in [9.17, 15) is 0 Å². The van der Waals surface area contributed by atoms with Crippen LogP contribution in [0.5, 0.6) is 0 Å². The Kier molecular flexibility index (Phi) is 3.84. The maximum Gasteiger partial charge on any atom is 0.137 e. The fraction of sp³-hybridized carbons (Fsp3) is 0.0857. The molecule has 3 aromatic heterocycles. The molecule has 4 heteroatoms. The highest BCUT2D eigenvalue weighted by Crippen LogP contribution is 2.53. The van der Waals surface area contributed by atoms with Crippen LogP contribution in [-0.4, -0.2) is 14.5 Å². The standard InChI is InChI=1S/C35H23N3O/c1-35(2)27-19-29-28(36-15-16-37-29)18-26(27)24-13-14-25-21-7-3-5-9-30(21)38(34(25)33(24)35)20-11-12-23-22-8-4-6-10-31(22)39-32(23)17-20/h3-19H,1-2H3. The molecular formula is C35H23N3O. The molecule has 1 aliphatic rings. The summed E-state index contributed by atoms with van der Waals surface area (Å²) in [6.45, 7) is 4.67. The molecule has 0 fully saturated rings. The van der Waals surface area contributed by atoms with Gasteiger partial charge in [0.15, 0.2) is 0 Å². The first kappa shape index (κ1) is 21.0. The zero-order chi connectivity index (χ0) is 25.9. The van der Waals surface area contributed by atoms with Gasteiger partial charge in [-0.2, -0.15) is 0 Å². The van der Waals surface area contributed by atoms with Crippen LogP contribution in [-0.2, 0) is 5.41 Å². The average Bonchev–Trinajstić information content (AvgIpc) is 3.57. The first-order valence-electron chi connectivity index (χ1n) is 13.3. The monoisotopic (exact) mass is 501 g/mol. The Hall–Kier alpha value is -4.96. The first-order chi connectivity index (χ1) is 19.1. The third-order valence-corrected chi connectivity index (χ3v) is 8.65. The molecule has 5 aromatic carbocycles. The molecule has 4 nitrogen and oxygen atoms in total. The number of fused-ring (bicyclic) bond motifs is 11. The maximum absolute atomic E-state index is 6.32. The van der Waals surface area contributed by atoms with E-state index in [4.69, 9.17) is 4.42 Å². The molecule has 39 heavy (non-hydrogen) atoms. The van der Waals surface area contributed by atoms with E-state index in [0.29, 0.717) is 0 Å². The summed E-state index contributed by atoms with van der Waals surface area (Å²) in [6, 6.07) is 32.6. The van der Waals surface area contributed by atoms with Gasteiger partial charge in [-0.1, -0.05) is 62.4 Å². The lowest BCUT2D eigenvalue weighted by atomic mass is 9.81. The van der Waals surface area contributed by atoms with E-state index in [0.717, 1.165) is 38.7 Å². The van der Waals surface area contributed by atoms with Crippen molar-refractivity contribution in [1.82, 2.24) is 14.5 Å². The van der Waals surface area contributed by atoms with Gasteiger partial charge in [0.1, 0.15) is 11.2 Å². The molecule has 9 rings (SSSR count). The lowest BCUT2D eigenvalue weighted by Crippen LogP contribution is -2.16. The van der Waals surface area contributed by atoms with Crippen LogP contribution in [0.2, 0.25) is 0 Å². The number of aromatic nitrogens is 3. The number of rotatable bonds is 1. The quantitative estimate of drug-likeness (QED) is 0.225. The van der Waals surface area contributed by atoms with Gasteiger partial charge in [-0.3, -0.25) is 9.97 Å². The van der Waals surface area contributed by atoms with Crippen LogP contribution in [0.25, 0.3) is 71.6 Å². The molecular weight excluding hydrogens is 478 g/mol. The topological polar surface area (TPSA) is 43.9 Å². The maximum atomic E-state index is 6.32. The molecule has 3 heterocycles.